The highest BCUT2D eigenvalue weighted by Crippen LogP contribution is 2.26. The smallest absolute Gasteiger partial charge is 0.230 e. The van der Waals surface area contributed by atoms with E-state index in [-0.39, 0.29) is 5.91 Å². The second-order valence-electron chi connectivity index (χ2n) is 6.96. The average Bonchev–Trinajstić information content (AvgIpc) is 3.17. The van der Waals surface area contributed by atoms with Crippen LogP contribution in [0.15, 0.2) is 72.2 Å². The van der Waals surface area contributed by atoms with Gasteiger partial charge in [-0.3, -0.25) is 9.78 Å². The summed E-state index contributed by atoms with van der Waals surface area (Å²) >= 11 is 1.44. The number of aromatic nitrogens is 2. The normalized spacial score (nSPS) is 10.7. The van der Waals surface area contributed by atoms with Crippen molar-refractivity contribution in [1.29, 1.82) is 0 Å². The first-order chi connectivity index (χ1) is 14.1. The summed E-state index contributed by atoms with van der Waals surface area (Å²) in [6, 6.07) is 20.2. The molecule has 0 atom stereocenters. The minimum absolute atomic E-state index is 0.0640. The van der Waals surface area contributed by atoms with Crippen molar-refractivity contribution in [3.63, 3.8) is 0 Å². The van der Waals surface area contributed by atoms with Crippen LogP contribution in [0.25, 0.3) is 22.4 Å². The molecule has 1 N–H and O–H groups in total. The lowest BCUT2D eigenvalue weighted by molar-refractivity contribution is -0.115. The topological polar surface area (TPSA) is 54.9 Å². The van der Waals surface area contributed by atoms with Crippen LogP contribution in [0.4, 0.5) is 5.13 Å². The first-order valence-corrected chi connectivity index (χ1v) is 10.3. The maximum absolute atomic E-state index is 12.5. The van der Waals surface area contributed by atoms with Crippen molar-refractivity contribution >= 4 is 22.4 Å². The van der Waals surface area contributed by atoms with E-state index in [1.807, 2.05) is 61.0 Å². The zero-order valence-electron chi connectivity index (χ0n) is 16.3. The van der Waals surface area contributed by atoms with E-state index in [0.29, 0.717) is 11.6 Å². The van der Waals surface area contributed by atoms with Crippen LogP contribution < -0.4 is 5.32 Å². The van der Waals surface area contributed by atoms with Gasteiger partial charge in [0.25, 0.3) is 0 Å². The molecule has 0 fully saturated rings. The van der Waals surface area contributed by atoms with E-state index in [0.717, 1.165) is 39.2 Å². The first kappa shape index (κ1) is 19.0. The van der Waals surface area contributed by atoms with Gasteiger partial charge in [-0.15, -0.1) is 11.3 Å². The summed E-state index contributed by atoms with van der Waals surface area (Å²) in [6.45, 7) is 4.05. The number of hydrogen-bond acceptors (Lipinski definition) is 4. The molecule has 1 amide bonds. The van der Waals surface area contributed by atoms with E-state index in [1.165, 1.54) is 11.3 Å². The van der Waals surface area contributed by atoms with Crippen LogP contribution in [0, 0.1) is 13.8 Å². The minimum Gasteiger partial charge on any atom is -0.302 e. The molecule has 4 aromatic rings. The maximum atomic E-state index is 12.5. The predicted molar refractivity (Wildman–Crippen MR) is 119 cm³/mol. The second kappa shape index (κ2) is 8.37. The van der Waals surface area contributed by atoms with Gasteiger partial charge in [0.15, 0.2) is 5.13 Å². The highest BCUT2D eigenvalue weighted by Gasteiger charge is 2.10. The number of amides is 1. The molecule has 0 aliphatic rings. The van der Waals surface area contributed by atoms with E-state index in [4.69, 9.17) is 0 Å². The number of nitrogens with zero attached hydrogens (tertiary/aromatic N) is 2. The van der Waals surface area contributed by atoms with Crippen molar-refractivity contribution in [2.45, 2.75) is 20.3 Å². The molecule has 2 aromatic heterocycles. The molecule has 4 nitrogen and oxygen atoms in total. The Labute approximate surface area is 174 Å². The van der Waals surface area contributed by atoms with Crippen molar-refractivity contribution in [2.24, 2.45) is 0 Å². The molecule has 29 heavy (non-hydrogen) atoms. The Bertz CT molecular complexity index is 1150. The number of thiazole rings is 1. The standard InChI is InChI=1S/C24H21N3OS/c1-16-12-18(8-9-21(16)20-10-11-25-17(2)13-20)14-23(28)27-24-26-22(15-29-24)19-6-4-3-5-7-19/h3-13,15H,14H2,1-2H3,(H,26,27,28). The lowest BCUT2D eigenvalue weighted by Crippen LogP contribution is -2.14. The molecule has 2 heterocycles. The summed E-state index contributed by atoms with van der Waals surface area (Å²) in [7, 11) is 0. The van der Waals surface area contributed by atoms with Crippen LogP contribution >= 0.6 is 11.3 Å². The Morgan fingerprint density at radius 2 is 1.83 bits per heavy atom. The van der Waals surface area contributed by atoms with E-state index in [2.05, 4.69) is 40.4 Å². The largest absolute Gasteiger partial charge is 0.302 e. The number of aryl methyl sites for hydroxylation is 2. The molecule has 2 aromatic carbocycles. The zero-order chi connectivity index (χ0) is 20.2. The van der Waals surface area contributed by atoms with E-state index in [1.54, 1.807) is 0 Å². The minimum atomic E-state index is -0.0640. The summed E-state index contributed by atoms with van der Waals surface area (Å²) in [5.74, 6) is -0.0640. The predicted octanol–water partition coefficient (Wildman–Crippen LogP) is 5.67. The average molecular weight is 400 g/mol. The molecule has 0 spiro atoms. The molecule has 0 saturated carbocycles. The zero-order valence-corrected chi connectivity index (χ0v) is 17.2. The lowest BCUT2D eigenvalue weighted by atomic mass is 9.97. The molecule has 4 rings (SSSR count). The molecule has 0 aliphatic carbocycles. The molecular weight excluding hydrogens is 378 g/mol. The quantitative estimate of drug-likeness (QED) is 0.470. The van der Waals surface area contributed by atoms with Gasteiger partial charge in [-0.2, -0.15) is 0 Å². The van der Waals surface area contributed by atoms with Gasteiger partial charge in [0, 0.05) is 22.8 Å². The fourth-order valence-electron chi connectivity index (χ4n) is 3.29. The molecular formula is C24H21N3OS. The number of anilines is 1. The lowest BCUT2D eigenvalue weighted by Gasteiger charge is -2.09. The van der Waals surface area contributed by atoms with Crippen molar-refractivity contribution in [3.05, 3.63) is 89.1 Å². The third kappa shape index (κ3) is 4.58. The third-order valence-corrected chi connectivity index (χ3v) is 5.44. The first-order valence-electron chi connectivity index (χ1n) is 9.42. The summed E-state index contributed by atoms with van der Waals surface area (Å²) in [6.07, 6.45) is 2.14. The van der Waals surface area contributed by atoms with Gasteiger partial charge in [0.1, 0.15) is 0 Å². The van der Waals surface area contributed by atoms with Gasteiger partial charge in [0.05, 0.1) is 12.1 Å². The molecule has 0 bridgehead atoms. The van der Waals surface area contributed by atoms with Gasteiger partial charge in [-0.1, -0.05) is 48.5 Å². The molecule has 5 heteroatoms. The number of hydrogen-bond donors (Lipinski definition) is 1. The number of benzene rings is 2. The summed E-state index contributed by atoms with van der Waals surface area (Å²) in [4.78, 5) is 21.3. The number of pyridine rings is 1. The monoisotopic (exact) mass is 399 g/mol. The Balaban J connectivity index is 1.44. The third-order valence-electron chi connectivity index (χ3n) is 4.68. The second-order valence-corrected chi connectivity index (χ2v) is 7.82. The van der Waals surface area contributed by atoms with Crippen LogP contribution in [-0.2, 0) is 11.2 Å². The number of carbonyl (C=O) groups excluding carboxylic acids is 1. The van der Waals surface area contributed by atoms with Gasteiger partial charge in [-0.25, -0.2) is 4.98 Å². The van der Waals surface area contributed by atoms with Crippen molar-refractivity contribution in [1.82, 2.24) is 9.97 Å². The summed E-state index contributed by atoms with van der Waals surface area (Å²) in [5, 5.41) is 5.49. The van der Waals surface area contributed by atoms with Crippen LogP contribution in [0.3, 0.4) is 0 Å². The Hall–Kier alpha value is -3.31. The number of carbonyl (C=O) groups is 1. The molecule has 0 saturated heterocycles. The molecule has 0 radical (unpaired) electrons. The van der Waals surface area contributed by atoms with Crippen LogP contribution in [0.5, 0.6) is 0 Å². The van der Waals surface area contributed by atoms with Crippen molar-refractivity contribution < 1.29 is 4.79 Å². The van der Waals surface area contributed by atoms with Crippen LogP contribution in [-0.4, -0.2) is 15.9 Å². The van der Waals surface area contributed by atoms with E-state index < -0.39 is 0 Å². The highest BCUT2D eigenvalue weighted by atomic mass is 32.1. The van der Waals surface area contributed by atoms with Crippen molar-refractivity contribution in [3.8, 4) is 22.4 Å². The fourth-order valence-corrected chi connectivity index (χ4v) is 4.03. The van der Waals surface area contributed by atoms with E-state index in [9.17, 15) is 4.79 Å². The van der Waals surface area contributed by atoms with Gasteiger partial charge < -0.3 is 5.32 Å². The molecule has 0 unspecified atom stereocenters. The van der Waals surface area contributed by atoms with Crippen LogP contribution in [0.1, 0.15) is 16.8 Å². The Kier molecular flexibility index (Phi) is 5.49. The maximum Gasteiger partial charge on any atom is 0.230 e. The fraction of sp³-hybridized carbons (Fsp3) is 0.125. The summed E-state index contributed by atoms with van der Waals surface area (Å²) < 4.78 is 0. The van der Waals surface area contributed by atoms with Gasteiger partial charge >= 0.3 is 0 Å². The Morgan fingerprint density at radius 3 is 2.59 bits per heavy atom. The highest BCUT2D eigenvalue weighted by molar-refractivity contribution is 7.14. The van der Waals surface area contributed by atoms with Crippen molar-refractivity contribution in [2.75, 3.05) is 5.32 Å². The van der Waals surface area contributed by atoms with Gasteiger partial charge in [-0.05, 0) is 48.2 Å². The number of nitrogens with one attached hydrogen (secondary N) is 1. The number of rotatable bonds is 5. The summed E-state index contributed by atoms with van der Waals surface area (Å²) in [5.41, 5.74) is 7.33. The molecule has 144 valence electrons. The SMILES string of the molecule is Cc1cc(-c2ccc(CC(=O)Nc3nc(-c4ccccc4)cs3)cc2C)ccn1. The Morgan fingerprint density at radius 1 is 1.00 bits per heavy atom. The van der Waals surface area contributed by atoms with Gasteiger partial charge in [0.2, 0.25) is 5.91 Å². The molecule has 0 aliphatic heterocycles. The van der Waals surface area contributed by atoms with Crippen LogP contribution in [0.2, 0.25) is 0 Å². The van der Waals surface area contributed by atoms with E-state index >= 15 is 0 Å².